The molecule has 1 aromatic heterocycles. The van der Waals surface area contributed by atoms with Crippen molar-refractivity contribution >= 4 is 22.2 Å². The van der Waals surface area contributed by atoms with Crippen molar-refractivity contribution in [3.05, 3.63) is 41.4 Å². The molecule has 2 aromatic rings. The highest BCUT2D eigenvalue weighted by molar-refractivity contribution is 7.13. The van der Waals surface area contributed by atoms with E-state index in [1.165, 1.54) is 23.3 Å². The van der Waals surface area contributed by atoms with E-state index in [9.17, 15) is 13.2 Å². The number of benzene rings is 1. The molecule has 0 fully saturated rings. The van der Waals surface area contributed by atoms with Crippen LogP contribution in [0, 0.1) is 0 Å². The van der Waals surface area contributed by atoms with Crippen molar-refractivity contribution in [3.63, 3.8) is 0 Å². The second kappa shape index (κ2) is 7.08. The summed E-state index contributed by atoms with van der Waals surface area (Å²) < 4.78 is 36.9. The molecule has 2 rings (SSSR count). The van der Waals surface area contributed by atoms with Crippen LogP contribution in [0.2, 0.25) is 0 Å². The molecule has 0 aliphatic heterocycles. The van der Waals surface area contributed by atoms with Crippen molar-refractivity contribution in [1.29, 1.82) is 0 Å². The van der Waals surface area contributed by atoms with Gasteiger partial charge in [-0.25, -0.2) is 4.98 Å². The summed E-state index contributed by atoms with van der Waals surface area (Å²) in [4.78, 5) is 5.71. The summed E-state index contributed by atoms with van der Waals surface area (Å²) in [5, 5.41) is 14.6. The van der Waals surface area contributed by atoms with Crippen LogP contribution in [0.15, 0.2) is 35.7 Å². The Kier molecular flexibility index (Phi) is 5.38. The number of thiazole rings is 1. The van der Waals surface area contributed by atoms with Gasteiger partial charge in [0.25, 0.3) is 0 Å². The Morgan fingerprint density at radius 3 is 2.64 bits per heavy atom. The van der Waals surface area contributed by atoms with Gasteiger partial charge in [-0.1, -0.05) is 18.2 Å². The van der Waals surface area contributed by atoms with E-state index in [0.29, 0.717) is 10.8 Å². The second-order valence-electron chi connectivity index (χ2n) is 4.89. The summed E-state index contributed by atoms with van der Waals surface area (Å²) in [7, 11) is 1.51. The van der Waals surface area contributed by atoms with E-state index < -0.39 is 18.8 Å². The third-order valence-electron chi connectivity index (χ3n) is 2.87. The Hall–Kier alpha value is -1.64. The van der Waals surface area contributed by atoms with Crippen LogP contribution in [0.25, 0.3) is 0 Å². The maximum atomic E-state index is 12.3. The lowest BCUT2D eigenvalue weighted by molar-refractivity contribution is -0.207. The molecular formula is C14H16F3N3OS. The number of aliphatic hydroxyl groups is 1. The average Bonchev–Trinajstić information content (AvgIpc) is 2.85. The molecule has 0 aliphatic carbocycles. The summed E-state index contributed by atoms with van der Waals surface area (Å²) in [6, 6.07) is 9.48. The third kappa shape index (κ3) is 4.97. The van der Waals surface area contributed by atoms with Crippen LogP contribution in [0.1, 0.15) is 5.69 Å². The van der Waals surface area contributed by atoms with Gasteiger partial charge in [-0.3, -0.25) is 4.90 Å². The van der Waals surface area contributed by atoms with Gasteiger partial charge in [0, 0.05) is 24.2 Å². The van der Waals surface area contributed by atoms with E-state index in [-0.39, 0.29) is 6.54 Å². The summed E-state index contributed by atoms with van der Waals surface area (Å²) in [6.07, 6.45) is -6.95. The number of rotatable bonds is 6. The Morgan fingerprint density at radius 2 is 2.00 bits per heavy atom. The van der Waals surface area contributed by atoms with Crippen LogP contribution in [0.4, 0.5) is 24.0 Å². The minimum absolute atomic E-state index is 0.236. The number of hydrogen-bond donors (Lipinski definition) is 2. The van der Waals surface area contributed by atoms with Crippen LogP contribution in [-0.4, -0.2) is 40.9 Å². The number of halogens is 3. The zero-order valence-electron chi connectivity index (χ0n) is 11.8. The number of aliphatic hydroxyl groups excluding tert-OH is 1. The summed E-state index contributed by atoms with van der Waals surface area (Å²) in [5.41, 5.74) is 1.55. The molecule has 0 saturated carbocycles. The van der Waals surface area contributed by atoms with Crippen molar-refractivity contribution in [2.24, 2.45) is 0 Å². The molecule has 0 spiro atoms. The lowest BCUT2D eigenvalue weighted by atomic mass is 10.3. The monoisotopic (exact) mass is 331 g/mol. The van der Waals surface area contributed by atoms with E-state index in [0.717, 1.165) is 5.69 Å². The van der Waals surface area contributed by atoms with Gasteiger partial charge in [-0.15, -0.1) is 11.3 Å². The third-order valence-corrected chi connectivity index (χ3v) is 3.68. The van der Waals surface area contributed by atoms with Crippen LogP contribution in [-0.2, 0) is 6.54 Å². The van der Waals surface area contributed by atoms with E-state index in [2.05, 4.69) is 10.3 Å². The first-order chi connectivity index (χ1) is 10.3. The predicted octanol–water partition coefficient (Wildman–Crippen LogP) is 3.24. The maximum Gasteiger partial charge on any atom is 0.415 e. The minimum Gasteiger partial charge on any atom is -0.382 e. The molecule has 1 unspecified atom stereocenters. The Labute approximate surface area is 130 Å². The number of likely N-dealkylation sites (N-methyl/N-ethyl adjacent to an activating group) is 1. The van der Waals surface area contributed by atoms with Crippen molar-refractivity contribution in [2.75, 3.05) is 18.9 Å². The number of para-hydroxylation sites is 1. The molecule has 0 bridgehead atoms. The Bertz CT molecular complexity index is 589. The highest BCUT2D eigenvalue weighted by atomic mass is 32.1. The zero-order valence-corrected chi connectivity index (χ0v) is 12.7. The highest BCUT2D eigenvalue weighted by Crippen LogP contribution is 2.23. The van der Waals surface area contributed by atoms with Crippen molar-refractivity contribution in [3.8, 4) is 0 Å². The molecule has 0 aliphatic rings. The lowest BCUT2D eigenvalue weighted by Gasteiger charge is -2.21. The van der Waals surface area contributed by atoms with Crippen molar-refractivity contribution < 1.29 is 18.3 Å². The molecule has 1 heterocycles. The van der Waals surface area contributed by atoms with Gasteiger partial charge in [-0.05, 0) is 19.2 Å². The molecule has 2 N–H and O–H groups in total. The molecule has 8 heteroatoms. The van der Waals surface area contributed by atoms with E-state index >= 15 is 0 Å². The van der Waals surface area contributed by atoms with Gasteiger partial charge in [0.1, 0.15) is 0 Å². The molecule has 4 nitrogen and oxygen atoms in total. The van der Waals surface area contributed by atoms with Crippen LogP contribution in [0.3, 0.4) is 0 Å². The molecule has 1 atom stereocenters. The first-order valence-electron chi connectivity index (χ1n) is 6.54. The molecule has 0 saturated heterocycles. The predicted molar refractivity (Wildman–Crippen MR) is 80.2 cm³/mol. The largest absolute Gasteiger partial charge is 0.415 e. The van der Waals surface area contributed by atoms with Crippen LogP contribution >= 0.6 is 11.3 Å². The quantitative estimate of drug-likeness (QED) is 0.853. The first kappa shape index (κ1) is 16.7. The summed E-state index contributed by atoms with van der Waals surface area (Å²) in [5.74, 6) is 0. The van der Waals surface area contributed by atoms with Gasteiger partial charge >= 0.3 is 6.18 Å². The maximum absolute atomic E-state index is 12.3. The fraction of sp³-hybridized carbons (Fsp3) is 0.357. The molecular weight excluding hydrogens is 315 g/mol. The fourth-order valence-corrected chi connectivity index (χ4v) is 2.54. The number of anilines is 2. The van der Waals surface area contributed by atoms with Gasteiger partial charge < -0.3 is 10.4 Å². The number of nitrogens with one attached hydrogen (secondary N) is 1. The van der Waals surface area contributed by atoms with E-state index in [1.54, 1.807) is 5.38 Å². The van der Waals surface area contributed by atoms with E-state index in [1.807, 2.05) is 30.3 Å². The fourth-order valence-electron chi connectivity index (χ4n) is 1.82. The number of hydrogen-bond acceptors (Lipinski definition) is 5. The average molecular weight is 331 g/mol. The van der Waals surface area contributed by atoms with Gasteiger partial charge in [0.05, 0.1) is 5.69 Å². The smallest absolute Gasteiger partial charge is 0.382 e. The number of alkyl halides is 3. The summed E-state index contributed by atoms with van der Waals surface area (Å²) in [6.45, 7) is -0.247. The topological polar surface area (TPSA) is 48.4 Å². The summed E-state index contributed by atoms with van der Waals surface area (Å²) >= 11 is 1.38. The number of aromatic nitrogens is 1. The van der Waals surface area contributed by atoms with Crippen LogP contribution < -0.4 is 5.32 Å². The Morgan fingerprint density at radius 1 is 1.32 bits per heavy atom. The first-order valence-corrected chi connectivity index (χ1v) is 7.42. The van der Waals surface area contributed by atoms with Crippen LogP contribution in [0.5, 0.6) is 0 Å². The highest BCUT2D eigenvalue weighted by Gasteiger charge is 2.38. The minimum atomic E-state index is -4.60. The SMILES string of the molecule is CN(Cc1csc(Nc2ccccc2)n1)CC(O)C(F)(F)F. The number of nitrogens with zero attached hydrogens (tertiary/aromatic N) is 2. The van der Waals surface area contributed by atoms with Crippen molar-refractivity contribution in [2.45, 2.75) is 18.8 Å². The molecule has 22 heavy (non-hydrogen) atoms. The Balaban J connectivity index is 1.89. The van der Waals surface area contributed by atoms with E-state index in [4.69, 9.17) is 5.11 Å². The standard InChI is InChI=1S/C14H16F3N3OS/c1-20(8-12(21)14(15,16)17)7-11-9-22-13(19-11)18-10-5-3-2-4-6-10/h2-6,9,12,21H,7-8H2,1H3,(H,18,19). The molecule has 1 aromatic carbocycles. The van der Waals surface area contributed by atoms with Gasteiger partial charge in [-0.2, -0.15) is 13.2 Å². The van der Waals surface area contributed by atoms with Gasteiger partial charge in [0.15, 0.2) is 11.2 Å². The zero-order chi connectivity index (χ0) is 16.2. The molecule has 0 radical (unpaired) electrons. The molecule has 120 valence electrons. The van der Waals surface area contributed by atoms with Crippen molar-refractivity contribution in [1.82, 2.24) is 9.88 Å². The lowest BCUT2D eigenvalue weighted by Crippen LogP contribution is -2.39. The second-order valence-corrected chi connectivity index (χ2v) is 5.75. The molecule has 0 amide bonds. The van der Waals surface area contributed by atoms with Gasteiger partial charge in [0.2, 0.25) is 0 Å². The normalized spacial score (nSPS) is 13.4.